The number of hydrogen-bond donors (Lipinski definition) is 2. The van der Waals surface area contributed by atoms with Crippen LogP contribution in [0.25, 0.3) is 11.3 Å². The van der Waals surface area contributed by atoms with Gasteiger partial charge in [0.25, 0.3) is 5.91 Å². The maximum absolute atomic E-state index is 12.7. The molecule has 2 aromatic carbocycles. The van der Waals surface area contributed by atoms with Crippen molar-refractivity contribution in [3.63, 3.8) is 0 Å². The molecule has 2 N–H and O–H groups in total. The first-order valence-corrected chi connectivity index (χ1v) is 11.1. The third-order valence-corrected chi connectivity index (χ3v) is 6.14. The molecule has 1 aliphatic heterocycles. The number of aromatic amines is 1. The lowest BCUT2D eigenvalue weighted by molar-refractivity contribution is 0.0931. The average Bonchev–Trinajstić information content (AvgIpc) is 3.24. The van der Waals surface area contributed by atoms with E-state index in [4.69, 9.17) is 11.6 Å². The number of piperidine rings is 1. The Hall–Kier alpha value is -2.79. The molecule has 0 bridgehead atoms. The molecule has 3 aromatic rings. The van der Waals surface area contributed by atoms with Crippen LogP contribution < -0.4 is 10.2 Å². The van der Waals surface area contributed by atoms with Crippen molar-refractivity contribution in [2.45, 2.75) is 45.1 Å². The van der Waals surface area contributed by atoms with Crippen LogP contribution in [-0.2, 0) is 5.41 Å². The Morgan fingerprint density at radius 1 is 1.06 bits per heavy atom. The van der Waals surface area contributed by atoms with Gasteiger partial charge in [0, 0.05) is 35.8 Å². The number of anilines is 1. The fourth-order valence-electron chi connectivity index (χ4n) is 3.89. The molecule has 6 heteroatoms. The number of carbonyl (C=O) groups excluding carboxylic acids is 1. The fraction of sp³-hybridized carbons (Fsp3) is 0.360. The number of amides is 1. The normalized spacial score (nSPS) is 15.2. The molecule has 1 aliphatic rings. The number of H-pyrrole nitrogens is 1. The van der Waals surface area contributed by atoms with E-state index in [0.29, 0.717) is 0 Å². The summed E-state index contributed by atoms with van der Waals surface area (Å²) in [5.41, 5.74) is 4.06. The van der Waals surface area contributed by atoms with E-state index in [1.54, 1.807) is 0 Å². The summed E-state index contributed by atoms with van der Waals surface area (Å²) in [5, 5.41) is 11.5. The Kier molecular flexibility index (Phi) is 6.05. The van der Waals surface area contributed by atoms with Crippen molar-refractivity contribution in [3.8, 4) is 11.3 Å². The Morgan fingerprint density at radius 2 is 1.71 bits per heavy atom. The zero-order chi connectivity index (χ0) is 22.0. The van der Waals surface area contributed by atoms with Gasteiger partial charge in [-0.3, -0.25) is 9.89 Å². The van der Waals surface area contributed by atoms with Crippen LogP contribution in [0.4, 0.5) is 5.82 Å². The second-order valence-electron chi connectivity index (χ2n) is 9.21. The van der Waals surface area contributed by atoms with Gasteiger partial charge in [0.1, 0.15) is 0 Å². The van der Waals surface area contributed by atoms with Crippen molar-refractivity contribution >= 4 is 23.3 Å². The van der Waals surface area contributed by atoms with Crippen LogP contribution in [0.2, 0.25) is 5.02 Å². The Morgan fingerprint density at radius 3 is 2.32 bits per heavy atom. The summed E-state index contributed by atoms with van der Waals surface area (Å²) >= 11 is 5.98. The van der Waals surface area contributed by atoms with Crippen LogP contribution in [0.3, 0.4) is 0 Å². The molecular formula is C25H29ClN4O. The van der Waals surface area contributed by atoms with Gasteiger partial charge in [-0.15, -0.1) is 0 Å². The maximum Gasteiger partial charge on any atom is 0.251 e. The largest absolute Gasteiger partial charge is 0.355 e. The van der Waals surface area contributed by atoms with E-state index in [-0.39, 0.29) is 17.4 Å². The quantitative estimate of drug-likeness (QED) is 0.573. The summed E-state index contributed by atoms with van der Waals surface area (Å²) in [4.78, 5) is 14.9. The zero-order valence-corrected chi connectivity index (χ0v) is 19.0. The molecule has 0 atom stereocenters. The van der Waals surface area contributed by atoms with Crippen molar-refractivity contribution in [2.75, 3.05) is 18.0 Å². The molecule has 1 fully saturated rings. The molecule has 0 radical (unpaired) electrons. The standard InChI is InChI=1S/C25H29ClN4O/c1-25(2,3)19-8-4-18(5-9-19)24(31)27-21-12-14-30(15-13-21)23-16-22(28-29-23)17-6-10-20(26)11-7-17/h4-11,16,21H,12-15H2,1-3H3,(H,27,31)(H,28,29). The molecule has 5 nitrogen and oxygen atoms in total. The molecule has 0 saturated carbocycles. The lowest BCUT2D eigenvalue weighted by atomic mass is 9.86. The van der Waals surface area contributed by atoms with Gasteiger partial charge in [0.05, 0.1) is 5.69 Å². The van der Waals surface area contributed by atoms with Crippen LogP contribution in [0.1, 0.15) is 49.5 Å². The summed E-state index contributed by atoms with van der Waals surface area (Å²) in [6, 6.07) is 17.9. The summed E-state index contributed by atoms with van der Waals surface area (Å²) in [7, 11) is 0. The predicted molar refractivity (Wildman–Crippen MR) is 127 cm³/mol. The third-order valence-electron chi connectivity index (χ3n) is 5.89. The SMILES string of the molecule is CC(C)(C)c1ccc(C(=O)NC2CCN(c3cc(-c4ccc(Cl)cc4)[nH]n3)CC2)cc1. The summed E-state index contributed by atoms with van der Waals surface area (Å²) < 4.78 is 0. The average molecular weight is 437 g/mol. The molecule has 1 amide bonds. The van der Waals surface area contributed by atoms with Gasteiger partial charge in [-0.1, -0.05) is 56.6 Å². The van der Waals surface area contributed by atoms with Crippen LogP contribution in [0.5, 0.6) is 0 Å². The number of carbonyl (C=O) groups is 1. The second kappa shape index (κ2) is 8.75. The van der Waals surface area contributed by atoms with Crippen LogP contribution in [0, 0.1) is 0 Å². The number of hydrogen-bond acceptors (Lipinski definition) is 3. The summed E-state index contributed by atoms with van der Waals surface area (Å²) in [6.45, 7) is 8.24. The molecule has 162 valence electrons. The van der Waals surface area contributed by atoms with Gasteiger partial charge in [-0.2, -0.15) is 5.10 Å². The molecule has 0 spiro atoms. The van der Waals surface area contributed by atoms with Crippen LogP contribution >= 0.6 is 11.6 Å². The number of nitrogens with one attached hydrogen (secondary N) is 2. The summed E-state index contributed by atoms with van der Waals surface area (Å²) in [5.74, 6) is 0.941. The molecule has 2 heterocycles. The first-order chi connectivity index (χ1) is 14.8. The van der Waals surface area contributed by atoms with E-state index in [9.17, 15) is 4.79 Å². The number of benzene rings is 2. The fourth-order valence-corrected chi connectivity index (χ4v) is 4.02. The van der Waals surface area contributed by atoms with Crippen molar-refractivity contribution in [1.82, 2.24) is 15.5 Å². The highest BCUT2D eigenvalue weighted by Gasteiger charge is 2.23. The smallest absolute Gasteiger partial charge is 0.251 e. The molecule has 0 aliphatic carbocycles. The predicted octanol–water partition coefficient (Wildman–Crippen LogP) is 5.43. The van der Waals surface area contributed by atoms with Gasteiger partial charge in [-0.05, 0) is 53.6 Å². The number of nitrogens with zero attached hydrogens (tertiary/aromatic N) is 2. The topological polar surface area (TPSA) is 61.0 Å². The minimum absolute atomic E-state index is 0.00343. The van der Waals surface area contributed by atoms with Gasteiger partial charge >= 0.3 is 0 Å². The van der Waals surface area contributed by atoms with E-state index >= 15 is 0 Å². The highest BCUT2D eigenvalue weighted by atomic mass is 35.5. The first kappa shape index (κ1) is 21.4. The molecule has 0 unspecified atom stereocenters. The van der Waals surface area contributed by atoms with Crippen molar-refractivity contribution in [1.29, 1.82) is 0 Å². The molecule has 1 aromatic heterocycles. The third kappa shape index (κ3) is 5.10. The lowest BCUT2D eigenvalue weighted by Crippen LogP contribution is -2.44. The van der Waals surface area contributed by atoms with Gasteiger partial charge in [-0.25, -0.2) is 0 Å². The van der Waals surface area contributed by atoms with E-state index in [1.165, 1.54) is 5.56 Å². The second-order valence-corrected chi connectivity index (χ2v) is 9.65. The first-order valence-electron chi connectivity index (χ1n) is 10.8. The Balaban J connectivity index is 1.32. The molecule has 4 rings (SSSR count). The van der Waals surface area contributed by atoms with Gasteiger partial charge in [0.15, 0.2) is 5.82 Å². The monoisotopic (exact) mass is 436 g/mol. The van der Waals surface area contributed by atoms with Crippen molar-refractivity contribution in [2.24, 2.45) is 0 Å². The number of aromatic nitrogens is 2. The highest BCUT2D eigenvalue weighted by Crippen LogP contribution is 2.26. The Labute approximate surface area is 188 Å². The van der Waals surface area contributed by atoms with Gasteiger partial charge < -0.3 is 10.2 Å². The van der Waals surface area contributed by atoms with E-state index in [1.807, 2.05) is 48.5 Å². The highest BCUT2D eigenvalue weighted by molar-refractivity contribution is 6.30. The number of rotatable bonds is 4. The minimum atomic E-state index is 0.00343. The van der Waals surface area contributed by atoms with E-state index in [0.717, 1.165) is 53.6 Å². The van der Waals surface area contributed by atoms with E-state index in [2.05, 4.69) is 47.3 Å². The van der Waals surface area contributed by atoms with Crippen LogP contribution in [0.15, 0.2) is 54.6 Å². The van der Waals surface area contributed by atoms with Crippen molar-refractivity contribution < 1.29 is 4.79 Å². The minimum Gasteiger partial charge on any atom is -0.355 e. The number of halogens is 1. The Bertz CT molecular complexity index is 1030. The van der Waals surface area contributed by atoms with Crippen molar-refractivity contribution in [3.05, 3.63) is 70.7 Å². The molecule has 31 heavy (non-hydrogen) atoms. The lowest BCUT2D eigenvalue weighted by Gasteiger charge is -2.32. The van der Waals surface area contributed by atoms with Crippen LogP contribution in [-0.4, -0.2) is 35.2 Å². The molecule has 1 saturated heterocycles. The van der Waals surface area contributed by atoms with Gasteiger partial charge in [0.2, 0.25) is 0 Å². The maximum atomic E-state index is 12.7. The van der Waals surface area contributed by atoms with E-state index < -0.39 is 0 Å². The zero-order valence-electron chi connectivity index (χ0n) is 18.3. The summed E-state index contributed by atoms with van der Waals surface area (Å²) in [6.07, 6.45) is 1.80. The molecular weight excluding hydrogens is 408 g/mol.